The number of amides is 1. The van der Waals surface area contributed by atoms with Gasteiger partial charge in [-0.1, -0.05) is 17.7 Å². The Kier molecular flexibility index (Phi) is 5.10. The van der Waals surface area contributed by atoms with Crippen molar-refractivity contribution in [2.75, 3.05) is 18.0 Å². The third-order valence-corrected chi connectivity index (χ3v) is 5.11. The van der Waals surface area contributed by atoms with Crippen LogP contribution >= 0.6 is 0 Å². The van der Waals surface area contributed by atoms with Crippen LogP contribution in [0.5, 0.6) is 0 Å². The minimum atomic E-state index is -0.258. The molecule has 6 heteroatoms. The fraction of sp³-hybridized carbons (Fsp3) is 0.273. The third kappa shape index (κ3) is 4.06. The number of carbonyl (C=O) groups is 1. The number of hydrogen-bond donors (Lipinski definition) is 2. The first kappa shape index (κ1) is 18.2. The zero-order valence-electron chi connectivity index (χ0n) is 15.8. The van der Waals surface area contributed by atoms with Gasteiger partial charge in [0.05, 0.1) is 5.69 Å². The van der Waals surface area contributed by atoms with Gasteiger partial charge in [-0.05, 0) is 61.7 Å². The predicted octanol–water partition coefficient (Wildman–Crippen LogP) is 3.92. The maximum atomic E-state index is 13.1. The van der Waals surface area contributed by atoms with Gasteiger partial charge in [0.2, 0.25) is 0 Å². The second kappa shape index (κ2) is 7.84. The molecule has 2 N–H and O–H groups in total. The van der Waals surface area contributed by atoms with Crippen molar-refractivity contribution in [2.45, 2.75) is 25.8 Å². The number of aromatic nitrogens is 2. The maximum Gasteiger partial charge on any atom is 0.251 e. The topological polar surface area (TPSA) is 61.0 Å². The molecule has 0 spiro atoms. The lowest BCUT2D eigenvalue weighted by Gasteiger charge is -2.33. The van der Waals surface area contributed by atoms with Crippen LogP contribution in [-0.4, -0.2) is 35.2 Å². The molecule has 0 saturated carbocycles. The summed E-state index contributed by atoms with van der Waals surface area (Å²) in [5.74, 6) is 0.543. The molecule has 1 unspecified atom stereocenters. The second-order valence-electron chi connectivity index (χ2n) is 7.27. The van der Waals surface area contributed by atoms with E-state index in [-0.39, 0.29) is 17.8 Å². The lowest BCUT2D eigenvalue weighted by molar-refractivity contribution is 0.0933. The maximum absolute atomic E-state index is 13.1. The van der Waals surface area contributed by atoms with Crippen LogP contribution in [0.2, 0.25) is 0 Å². The van der Waals surface area contributed by atoms with E-state index < -0.39 is 0 Å². The van der Waals surface area contributed by atoms with Crippen molar-refractivity contribution in [3.05, 3.63) is 71.5 Å². The van der Waals surface area contributed by atoms with Crippen LogP contribution in [0.15, 0.2) is 54.6 Å². The predicted molar refractivity (Wildman–Crippen MR) is 108 cm³/mol. The summed E-state index contributed by atoms with van der Waals surface area (Å²) in [5.41, 5.74) is 3.55. The Labute approximate surface area is 163 Å². The number of nitrogens with zero attached hydrogens (tertiary/aromatic N) is 2. The molecule has 0 aliphatic carbocycles. The number of nitrogens with one attached hydrogen (secondary N) is 2. The van der Waals surface area contributed by atoms with Gasteiger partial charge < -0.3 is 10.2 Å². The fourth-order valence-electron chi connectivity index (χ4n) is 3.53. The summed E-state index contributed by atoms with van der Waals surface area (Å²) in [5, 5.41) is 10.6. The van der Waals surface area contributed by atoms with Crippen molar-refractivity contribution in [2.24, 2.45) is 0 Å². The molecule has 3 aromatic rings. The summed E-state index contributed by atoms with van der Waals surface area (Å²) in [6, 6.07) is 16.0. The summed E-state index contributed by atoms with van der Waals surface area (Å²) in [7, 11) is 0. The average molecular weight is 378 g/mol. The largest absolute Gasteiger partial charge is 0.353 e. The zero-order valence-corrected chi connectivity index (χ0v) is 15.8. The number of aryl methyl sites for hydroxylation is 1. The van der Waals surface area contributed by atoms with Gasteiger partial charge in [0.15, 0.2) is 5.82 Å². The minimum Gasteiger partial charge on any atom is -0.353 e. The Morgan fingerprint density at radius 3 is 2.68 bits per heavy atom. The van der Waals surface area contributed by atoms with Gasteiger partial charge in [-0.15, -0.1) is 0 Å². The van der Waals surface area contributed by atoms with Gasteiger partial charge in [0, 0.05) is 30.8 Å². The number of H-pyrrole nitrogens is 1. The molecule has 5 nitrogen and oxygen atoms in total. The van der Waals surface area contributed by atoms with E-state index in [2.05, 4.69) is 20.4 Å². The second-order valence-corrected chi connectivity index (χ2v) is 7.27. The highest BCUT2D eigenvalue weighted by atomic mass is 19.1. The molecule has 1 atom stereocenters. The standard InChI is InChI=1S/C22H23FN4O/c1-15-4-6-17(7-5-15)22(28)24-19-3-2-12-27(14-19)21-13-20(25-26-21)16-8-10-18(23)11-9-16/h4-11,13,19H,2-3,12,14H2,1H3,(H,24,28)(H,25,26). The van der Waals surface area contributed by atoms with E-state index in [9.17, 15) is 9.18 Å². The summed E-state index contributed by atoms with van der Waals surface area (Å²) in [6.07, 6.45) is 1.93. The van der Waals surface area contributed by atoms with Gasteiger partial charge in [0.1, 0.15) is 5.82 Å². The number of benzene rings is 2. The van der Waals surface area contributed by atoms with E-state index in [1.807, 2.05) is 37.3 Å². The molecule has 1 amide bonds. The van der Waals surface area contributed by atoms with Crippen LogP contribution in [0, 0.1) is 12.7 Å². The normalized spacial score (nSPS) is 16.8. The summed E-state index contributed by atoms with van der Waals surface area (Å²) in [6.45, 7) is 3.61. The van der Waals surface area contributed by atoms with Crippen molar-refractivity contribution < 1.29 is 9.18 Å². The monoisotopic (exact) mass is 378 g/mol. The van der Waals surface area contributed by atoms with Crippen molar-refractivity contribution in [1.29, 1.82) is 0 Å². The Balaban J connectivity index is 1.42. The first-order valence-electron chi connectivity index (χ1n) is 9.52. The molecule has 28 heavy (non-hydrogen) atoms. The number of halogens is 1. The van der Waals surface area contributed by atoms with Crippen LogP contribution in [0.4, 0.5) is 10.2 Å². The SMILES string of the molecule is Cc1ccc(C(=O)NC2CCCN(c3cc(-c4ccc(F)cc4)[nH]n3)C2)cc1. The minimum absolute atomic E-state index is 0.0409. The van der Waals surface area contributed by atoms with E-state index in [1.54, 1.807) is 12.1 Å². The highest BCUT2D eigenvalue weighted by molar-refractivity contribution is 5.94. The Morgan fingerprint density at radius 2 is 1.93 bits per heavy atom. The number of piperidine rings is 1. The van der Waals surface area contributed by atoms with E-state index in [0.29, 0.717) is 12.1 Å². The molecule has 0 radical (unpaired) electrons. The Bertz CT molecular complexity index is 949. The smallest absolute Gasteiger partial charge is 0.251 e. The van der Waals surface area contributed by atoms with Crippen LogP contribution in [0.3, 0.4) is 0 Å². The van der Waals surface area contributed by atoms with Gasteiger partial charge >= 0.3 is 0 Å². The highest BCUT2D eigenvalue weighted by Crippen LogP contribution is 2.24. The average Bonchev–Trinajstić information content (AvgIpc) is 3.19. The van der Waals surface area contributed by atoms with Crippen LogP contribution in [0.25, 0.3) is 11.3 Å². The van der Waals surface area contributed by atoms with E-state index in [1.165, 1.54) is 12.1 Å². The molecule has 1 aliphatic heterocycles. The van der Waals surface area contributed by atoms with Gasteiger partial charge in [-0.25, -0.2) is 4.39 Å². The van der Waals surface area contributed by atoms with Crippen LogP contribution < -0.4 is 10.2 Å². The van der Waals surface area contributed by atoms with E-state index in [0.717, 1.165) is 42.0 Å². The van der Waals surface area contributed by atoms with E-state index >= 15 is 0 Å². The zero-order chi connectivity index (χ0) is 19.5. The number of carbonyl (C=O) groups excluding carboxylic acids is 1. The third-order valence-electron chi connectivity index (χ3n) is 5.11. The molecular formula is C22H23FN4O. The number of hydrogen-bond acceptors (Lipinski definition) is 3. The first-order chi connectivity index (χ1) is 13.6. The number of anilines is 1. The highest BCUT2D eigenvalue weighted by Gasteiger charge is 2.23. The molecule has 0 bridgehead atoms. The summed E-state index contributed by atoms with van der Waals surface area (Å²) >= 11 is 0. The molecule has 144 valence electrons. The van der Waals surface area contributed by atoms with Gasteiger partial charge in [0.25, 0.3) is 5.91 Å². The summed E-state index contributed by atoms with van der Waals surface area (Å²) in [4.78, 5) is 14.7. The van der Waals surface area contributed by atoms with E-state index in [4.69, 9.17) is 0 Å². The molecule has 2 aromatic carbocycles. The molecule has 1 aliphatic rings. The molecule has 4 rings (SSSR count). The molecule has 1 fully saturated rings. The van der Waals surface area contributed by atoms with Crippen LogP contribution in [0.1, 0.15) is 28.8 Å². The fourth-order valence-corrected chi connectivity index (χ4v) is 3.53. The van der Waals surface area contributed by atoms with Crippen LogP contribution in [-0.2, 0) is 0 Å². The molecular weight excluding hydrogens is 355 g/mol. The van der Waals surface area contributed by atoms with Crippen molar-refractivity contribution in [3.63, 3.8) is 0 Å². The van der Waals surface area contributed by atoms with Crippen molar-refractivity contribution in [3.8, 4) is 11.3 Å². The lowest BCUT2D eigenvalue weighted by atomic mass is 10.0. The van der Waals surface area contributed by atoms with Crippen molar-refractivity contribution in [1.82, 2.24) is 15.5 Å². The number of aromatic amines is 1. The summed E-state index contributed by atoms with van der Waals surface area (Å²) < 4.78 is 13.1. The lowest BCUT2D eigenvalue weighted by Crippen LogP contribution is -2.48. The first-order valence-corrected chi connectivity index (χ1v) is 9.52. The van der Waals surface area contributed by atoms with Crippen molar-refractivity contribution >= 4 is 11.7 Å². The number of rotatable bonds is 4. The Hall–Kier alpha value is -3.15. The molecule has 1 saturated heterocycles. The molecule has 2 heterocycles. The Morgan fingerprint density at radius 1 is 1.18 bits per heavy atom. The molecule has 1 aromatic heterocycles. The van der Waals surface area contributed by atoms with Gasteiger partial charge in [-0.2, -0.15) is 5.10 Å². The van der Waals surface area contributed by atoms with Gasteiger partial charge in [-0.3, -0.25) is 9.89 Å². The quantitative estimate of drug-likeness (QED) is 0.723.